The molecule has 1 N–H and O–H groups in total. The summed E-state index contributed by atoms with van der Waals surface area (Å²) in [4.78, 5) is -0.678. The summed E-state index contributed by atoms with van der Waals surface area (Å²) in [5.74, 6) is -0.479. The molecule has 0 unspecified atom stereocenters. The fourth-order valence-electron chi connectivity index (χ4n) is 1.95. The number of hydrogen-bond acceptors (Lipinski definition) is 5. The van der Waals surface area contributed by atoms with Crippen LogP contribution in [0.5, 0.6) is 11.5 Å². The molecule has 24 heavy (non-hydrogen) atoms. The van der Waals surface area contributed by atoms with E-state index in [0.29, 0.717) is 12.2 Å². The molecule has 0 bridgehead atoms. The Morgan fingerprint density at radius 1 is 1.29 bits per heavy atom. The van der Waals surface area contributed by atoms with Crippen molar-refractivity contribution in [1.29, 1.82) is 5.26 Å². The Hall–Kier alpha value is -2.85. The number of sulfone groups is 1. The Kier molecular flexibility index (Phi) is 5.21. The van der Waals surface area contributed by atoms with Crippen LogP contribution in [0.2, 0.25) is 0 Å². The molecule has 0 saturated carbocycles. The van der Waals surface area contributed by atoms with E-state index in [4.69, 9.17) is 4.74 Å². The van der Waals surface area contributed by atoms with Crippen LogP contribution in [-0.4, -0.2) is 20.1 Å². The number of hydrogen-bond donors (Lipinski definition) is 1. The molecular weight excluding hydrogens is 333 g/mol. The summed E-state index contributed by atoms with van der Waals surface area (Å²) in [6.07, 6.45) is 1.17. The highest BCUT2D eigenvalue weighted by Gasteiger charge is 2.21. The number of benzene rings is 2. The van der Waals surface area contributed by atoms with E-state index in [-0.39, 0.29) is 16.4 Å². The van der Waals surface area contributed by atoms with E-state index >= 15 is 0 Å². The summed E-state index contributed by atoms with van der Waals surface area (Å²) >= 11 is 0. The van der Waals surface area contributed by atoms with Gasteiger partial charge in [0.1, 0.15) is 16.8 Å². The maximum absolute atomic E-state index is 12.9. The predicted octanol–water partition coefficient (Wildman–Crippen LogP) is 3.27. The molecule has 2 aromatic rings. The highest BCUT2D eigenvalue weighted by molar-refractivity contribution is 7.95. The topological polar surface area (TPSA) is 87.4 Å². The third kappa shape index (κ3) is 3.73. The fourth-order valence-corrected chi connectivity index (χ4v) is 3.11. The molecule has 0 radical (unpaired) electrons. The van der Waals surface area contributed by atoms with E-state index < -0.39 is 20.6 Å². The van der Waals surface area contributed by atoms with Gasteiger partial charge in [0.05, 0.1) is 11.5 Å². The van der Waals surface area contributed by atoms with E-state index in [1.54, 1.807) is 13.0 Å². The molecule has 0 aromatic heterocycles. The molecule has 5 nitrogen and oxygen atoms in total. The maximum Gasteiger partial charge on any atom is 0.216 e. The minimum Gasteiger partial charge on any atom is -0.504 e. The van der Waals surface area contributed by atoms with Crippen LogP contribution in [-0.2, 0) is 9.84 Å². The monoisotopic (exact) mass is 347 g/mol. The van der Waals surface area contributed by atoms with Crippen molar-refractivity contribution < 1.29 is 22.7 Å². The minimum absolute atomic E-state index is 0.0890. The van der Waals surface area contributed by atoms with E-state index in [0.717, 1.165) is 24.3 Å². The van der Waals surface area contributed by atoms with Crippen molar-refractivity contribution in [2.24, 2.45) is 0 Å². The second kappa shape index (κ2) is 7.15. The lowest BCUT2D eigenvalue weighted by molar-refractivity contribution is 0.318. The van der Waals surface area contributed by atoms with Crippen LogP contribution in [0.1, 0.15) is 12.5 Å². The van der Waals surface area contributed by atoms with Crippen LogP contribution in [0.25, 0.3) is 6.08 Å². The van der Waals surface area contributed by atoms with Gasteiger partial charge in [-0.15, -0.1) is 0 Å². The van der Waals surface area contributed by atoms with Crippen LogP contribution >= 0.6 is 0 Å². The SMILES string of the molecule is CCOc1cc(C=C(C#N)S(=O)(=O)c2ccc(F)cc2)ccc1O. The Bertz CT molecular complexity index is 913. The molecule has 0 heterocycles. The zero-order chi connectivity index (χ0) is 17.7. The number of allylic oxidation sites excluding steroid dienone is 1. The summed E-state index contributed by atoms with van der Waals surface area (Å²) in [6.45, 7) is 2.06. The highest BCUT2D eigenvalue weighted by atomic mass is 32.2. The largest absolute Gasteiger partial charge is 0.504 e. The van der Waals surface area contributed by atoms with E-state index in [1.807, 2.05) is 0 Å². The number of aromatic hydroxyl groups is 1. The minimum atomic E-state index is -4.07. The van der Waals surface area contributed by atoms with Crippen molar-refractivity contribution in [2.75, 3.05) is 6.61 Å². The summed E-state index contributed by atoms with van der Waals surface area (Å²) in [5.41, 5.74) is 0.374. The van der Waals surface area contributed by atoms with Crippen LogP contribution < -0.4 is 4.74 Å². The summed E-state index contributed by atoms with van der Waals surface area (Å²) in [6, 6.07) is 10.1. The molecule has 0 fully saturated rings. The van der Waals surface area contributed by atoms with Gasteiger partial charge in [0.15, 0.2) is 11.5 Å². The zero-order valence-electron chi connectivity index (χ0n) is 12.7. The van der Waals surface area contributed by atoms with Gasteiger partial charge in [-0.25, -0.2) is 12.8 Å². The van der Waals surface area contributed by atoms with E-state index in [2.05, 4.69) is 0 Å². The molecule has 0 saturated heterocycles. The van der Waals surface area contributed by atoms with Crippen LogP contribution in [0.15, 0.2) is 52.3 Å². The third-order valence-corrected chi connectivity index (χ3v) is 4.79. The summed E-state index contributed by atoms with van der Waals surface area (Å²) in [5, 5.41) is 18.9. The smallest absolute Gasteiger partial charge is 0.216 e. The number of nitriles is 1. The first-order chi connectivity index (χ1) is 11.4. The molecule has 0 spiro atoms. The van der Waals surface area contributed by atoms with Gasteiger partial charge in [0, 0.05) is 0 Å². The molecule has 0 atom stereocenters. The van der Waals surface area contributed by atoms with Crippen molar-refractivity contribution in [1.82, 2.24) is 0 Å². The molecule has 0 aliphatic carbocycles. The Morgan fingerprint density at radius 3 is 2.54 bits per heavy atom. The highest BCUT2D eigenvalue weighted by Crippen LogP contribution is 2.29. The molecule has 0 amide bonds. The quantitative estimate of drug-likeness (QED) is 0.662. The fraction of sp³-hybridized carbons (Fsp3) is 0.118. The number of ether oxygens (including phenoxy) is 1. The molecule has 7 heteroatoms. The van der Waals surface area contributed by atoms with Gasteiger partial charge in [-0.05, 0) is 55.0 Å². The van der Waals surface area contributed by atoms with Crippen molar-refractivity contribution in [3.05, 3.63) is 58.8 Å². The van der Waals surface area contributed by atoms with Gasteiger partial charge in [-0.2, -0.15) is 5.26 Å². The number of halogens is 1. The molecule has 2 rings (SSSR count). The molecule has 0 aliphatic heterocycles. The van der Waals surface area contributed by atoms with Crippen molar-refractivity contribution >= 4 is 15.9 Å². The van der Waals surface area contributed by atoms with Gasteiger partial charge in [-0.3, -0.25) is 0 Å². The number of phenolic OH excluding ortho intramolecular Hbond substituents is 1. The normalized spacial score (nSPS) is 11.8. The first kappa shape index (κ1) is 17.5. The van der Waals surface area contributed by atoms with E-state index in [1.165, 1.54) is 24.3 Å². The molecular formula is C17H14FNO4S. The van der Waals surface area contributed by atoms with Gasteiger partial charge in [0.25, 0.3) is 0 Å². The number of rotatable bonds is 5. The Labute approximate surface area is 139 Å². The van der Waals surface area contributed by atoms with Crippen LogP contribution in [0.4, 0.5) is 4.39 Å². The lowest BCUT2D eigenvalue weighted by Gasteiger charge is -2.07. The van der Waals surface area contributed by atoms with Crippen molar-refractivity contribution in [2.45, 2.75) is 11.8 Å². The second-order valence-electron chi connectivity index (χ2n) is 4.74. The lowest BCUT2D eigenvalue weighted by atomic mass is 10.2. The summed E-state index contributed by atoms with van der Waals surface area (Å²) in [7, 11) is -4.07. The van der Waals surface area contributed by atoms with Gasteiger partial charge in [-0.1, -0.05) is 6.07 Å². The third-order valence-electron chi connectivity index (χ3n) is 3.11. The van der Waals surface area contributed by atoms with Gasteiger partial charge in [0.2, 0.25) is 9.84 Å². The molecule has 124 valence electrons. The van der Waals surface area contributed by atoms with Crippen LogP contribution in [0.3, 0.4) is 0 Å². The Balaban J connectivity index is 2.48. The van der Waals surface area contributed by atoms with Gasteiger partial charge < -0.3 is 9.84 Å². The summed E-state index contributed by atoms with van der Waals surface area (Å²) < 4.78 is 43.1. The predicted molar refractivity (Wildman–Crippen MR) is 86.5 cm³/mol. The zero-order valence-corrected chi connectivity index (χ0v) is 13.5. The first-order valence-electron chi connectivity index (χ1n) is 6.96. The average molecular weight is 347 g/mol. The lowest BCUT2D eigenvalue weighted by Crippen LogP contribution is -2.03. The number of phenols is 1. The average Bonchev–Trinajstić information content (AvgIpc) is 2.56. The number of nitrogens with zero attached hydrogens (tertiary/aromatic N) is 1. The van der Waals surface area contributed by atoms with E-state index in [9.17, 15) is 23.2 Å². The van der Waals surface area contributed by atoms with Crippen LogP contribution in [0, 0.1) is 17.1 Å². The standard InChI is InChI=1S/C17H14FNO4S/c1-2-23-17-10-12(3-8-16(17)20)9-15(11-19)24(21,22)14-6-4-13(18)5-7-14/h3-10,20H,2H2,1H3. The second-order valence-corrected chi connectivity index (χ2v) is 6.66. The van der Waals surface area contributed by atoms with Gasteiger partial charge >= 0.3 is 0 Å². The maximum atomic E-state index is 12.9. The van der Waals surface area contributed by atoms with Crippen molar-refractivity contribution in [3.8, 4) is 17.6 Å². The molecule has 0 aliphatic rings. The first-order valence-corrected chi connectivity index (χ1v) is 8.45. The Morgan fingerprint density at radius 2 is 1.96 bits per heavy atom. The van der Waals surface area contributed by atoms with Crippen molar-refractivity contribution in [3.63, 3.8) is 0 Å². The molecule has 2 aromatic carbocycles.